The van der Waals surface area contributed by atoms with Gasteiger partial charge in [-0.1, -0.05) is 47.2 Å². The van der Waals surface area contributed by atoms with Gasteiger partial charge in [-0.15, -0.1) is 0 Å². The van der Waals surface area contributed by atoms with Crippen molar-refractivity contribution in [2.45, 2.75) is 24.8 Å². The molecule has 2 amide bonds. The number of benzene rings is 2. The second kappa shape index (κ2) is 7.94. The third-order valence-corrected chi connectivity index (χ3v) is 7.46. The zero-order chi connectivity index (χ0) is 20.4. The number of urea groups is 1. The van der Waals surface area contributed by atoms with E-state index in [4.69, 9.17) is 0 Å². The molecule has 0 saturated heterocycles. The van der Waals surface area contributed by atoms with Gasteiger partial charge in [-0.3, -0.25) is 5.32 Å². The Bertz CT molecular complexity index is 1130. The smallest absolute Gasteiger partial charge is 0.308 e. The average Bonchev–Trinajstić information content (AvgIpc) is 3.10. The second-order valence-corrected chi connectivity index (χ2v) is 9.76. The Kier molecular flexibility index (Phi) is 5.35. The standard InChI is InChI=1S/C20H20N4O3S2/c1-14-7-9-16(10-8-14)29(26,27)24-12-11-17-18(13-24)28-20(22-17)23-19(25)21-15-5-3-2-4-6-15/h2-10H,11-13H2,1H3,(H2,21,22,23,25). The van der Waals surface area contributed by atoms with Crippen LogP contribution in [0.1, 0.15) is 16.1 Å². The van der Waals surface area contributed by atoms with Crippen LogP contribution in [0, 0.1) is 6.92 Å². The van der Waals surface area contributed by atoms with Crippen molar-refractivity contribution < 1.29 is 13.2 Å². The van der Waals surface area contributed by atoms with Crippen LogP contribution in [0.25, 0.3) is 0 Å². The predicted octanol–water partition coefficient (Wildman–Crippen LogP) is 3.84. The highest BCUT2D eigenvalue weighted by molar-refractivity contribution is 7.89. The van der Waals surface area contributed by atoms with Crippen molar-refractivity contribution in [3.8, 4) is 0 Å². The number of para-hydroxylation sites is 1. The van der Waals surface area contributed by atoms with Crippen molar-refractivity contribution in [2.24, 2.45) is 0 Å². The van der Waals surface area contributed by atoms with Gasteiger partial charge in [0, 0.05) is 23.5 Å². The molecule has 1 aliphatic rings. The molecule has 0 unspecified atom stereocenters. The molecule has 7 nitrogen and oxygen atoms in total. The van der Waals surface area contributed by atoms with Crippen LogP contribution in [0.2, 0.25) is 0 Å². The van der Waals surface area contributed by atoms with E-state index in [9.17, 15) is 13.2 Å². The van der Waals surface area contributed by atoms with Crippen molar-refractivity contribution >= 4 is 38.2 Å². The SMILES string of the molecule is Cc1ccc(S(=O)(=O)N2CCc3nc(NC(=O)Nc4ccccc4)sc3C2)cc1. The van der Waals surface area contributed by atoms with Gasteiger partial charge in [0.2, 0.25) is 10.0 Å². The summed E-state index contributed by atoms with van der Waals surface area (Å²) >= 11 is 1.30. The van der Waals surface area contributed by atoms with Crippen molar-refractivity contribution in [3.63, 3.8) is 0 Å². The van der Waals surface area contributed by atoms with Crippen molar-refractivity contribution in [1.82, 2.24) is 9.29 Å². The maximum Gasteiger partial charge on any atom is 0.325 e. The van der Waals surface area contributed by atoms with Crippen LogP contribution in [-0.2, 0) is 23.0 Å². The van der Waals surface area contributed by atoms with Crippen LogP contribution < -0.4 is 10.6 Å². The lowest BCUT2D eigenvalue weighted by Crippen LogP contribution is -2.35. The molecule has 4 rings (SSSR count). The molecule has 2 N–H and O–H groups in total. The summed E-state index contributed by atoms with van der Waals surface area (Å²) in [6.07, 6.45) is 0.513. The van der Waals surface area contributed by atoms with Gasteiger partial charge in [-0.2, -0.15) is 4.31 Å². The lowest BCUT2D eigenvalue weighted by molar-refractivity contribution is 0.262. The lowest BCUT2D eigenvalue weighted by Gasteiger charge is -2.25. The quantitative estimate of drug-likeness (QED) is 0.660. The van der Waals surface area contributed by atoms with Crippen LogP contribution in [0.3, 0.4) is 0 Å². The largest absolute Gasteiger partial charge is 0.325 e. The minimum Gasteiger partial charge on any atom is -0.308 e. The van der Waals surface area contributed by atoms with Crippen LogP contribution in [0.15, 0.2) is 59.5 Å². The molecule has 2 aromatic carbocycles. The van der Waals surface area contributed by atoms with Crippen molar-refractivity contribution in [2.75, 3.05) is 17.2 Å². The highest BCUT2D eigenvalue weighted by Crippen LogP contribution is 2.31. The lowest BCUT2D eigenvalue weighted by atomic mass is 10.2. The summed E-state index contributed by atoms with van der Waals surface area (Å²) in [5, 5.41) is 5.93. The molecule has 0 atom stereocenters. The summed E-state index contributed by atoms with van der Waals surface area (Å²) in [4.78, 5) is 17.8. The highest BCUT2D eigenvalue weighted by Gasteiger charge is 2.30. The number of sulfonamides is 1. The van der Waals surface area contributed by atoms with Gasteiger partial charge >= 0.3 is 6.03 Å². The number of thiazole rings is 1. The molecule has 1 aromatic heterocycles. The zero-order valence-corrected chi connectivity index (χ0v) is 17.4. The number of aryl methyl sites for hydroxylation is 1. The fourth-order valence-electron chi connectivity index (χ4n) is 3.07. The number of carbonyl (C=O) groups excluding carboxylic acids is 1. The number of rotatable bonds is 4. The molecule has 0 spiro atoms. The van der Waals surface area contributed by atoms with E-state index in [1.807, 2.05) is 25.1 Å². The van der Waals surface area contributed by atoms with Crippen LogP contribution in [0.5, 0.6) is 0 Å². The molecule has 150 valence electrons. The van der Waals surface area contributed by atoms with E-state index in [1.54, 1.807) is 36.4 Å². The normalized spacial score (nSPS) is 14.2. The number of aromatic nitrogens is 1. The molecule has 0 bridgehead atoms. The van der Waals surface area contributed by atoms with Crippen LogP contribution in [-0.4, -0.2) is 30.3 Å². The molecule has 0 aliphatic carbocycles. The third kappa shape index (κ3) is 4.31. The average molecular weight is 429 g/mol. The van der Waals surface area contributed by atoms with Gasteiger partial charge in [0.15, 0.2) is 5.13 Å². The van der Waals surface area contributed by atoms with E-state index in [2.05, 4.69) is 15.6 Å². The first kappa shape index (κ1) is 19.6. The minimum absolute atomic E-state index is 0.255. The second-order valence-electron chi connectivity index (χ2n) is 6.74. The van der Waals surface area contributed by atoms with E-state index < -0.39 is 10.0 Å². The van der Waals surface area contributed by atoms with E-state index in [0.29, 0.717) is 23.8 Å². The molecule has 0 radical (unpaired) electrons. The molecule has 1 aliphatic heterocycles. The Balaban J connectivity index is 1.46. The van der Waals surface area contributed by atoms with Gasteiger partial charge in [0.05, 0.1) is 17.1 Å². The molecule has 9 heteroatoms. The van der Waals surface area contributed by atoms with Gasteiger partial charge < -0.3 is 5.32 Å². The number of fused-ring (bicyclic) bond motifs is 1. The molecule has 29 heavy (non-hydrogen) atoms. The predicted molar refractivity (Wildman–Crippen MR) is 114 cm³/mol. The third-order valence-electron chi connectivity index (χ3n) is 4.61. The summed E-state index contributed by atoms with van der Waals surface area (Å²) in [5.41, 5.74) is 2.53. The summed E-state index contributed by atoms with van der Waals surface area (Å²) in [6.45, 7) is 2.54. The van der Waals surface area contributed by atoms with Gasteiger partial charge in [-0.05, 0) is 31.2 Å². The van der Waals surface area contributed by atoms with Gasteiger partial charge in [-0.25, -0.2) is 18.2 Å². The van der Waals surface area contributed by atoms with Crippen molar-refractivity contribution in [1.29, 1.82) is 0 Å². The first-order valence-corrected chi connectivity index (χ1v) is 11.4. The number of nitrogens with one attached hydrogen (secondary N) is 2. The number of nitrogens with zero attached hydrogens (tertiary/aromatic N) is 2. The molecule has 0 fully saturated rings. The maximum atomic E-state index is 12.9. The number of carbonyl (C=O) groups is 1. The molecular formula is C20H20N4O3S2. The Morgan fingerprint density at radius 3 is 2.52 bits per heavy atom. The molecule has 2 heterocycles. The number of anilines is 2. The van der Waals surface area contributed by atoms with Crippen LogP contribution in [0.4, 0.5) is 15.6 Å². The Morgan fingerprint density at radius 2 is 1.79 bits per heavy atom. The molecule has 0 saturated carbocycles. The molecular weight excluding hydrogens is 408 g/mol. The Hall–Kier alpha value is -2.75. The minimum atomic E-state index is -3.56. The van der Waals surface area contributed by atoms with Gasteiger partial charge in [0.1, 0.15) is 0 Å². The van der Waals surface area contributed by atoms with E-state index >= 15 is 0 Å². The fraction of sp³-hybridized carbons (Fsp3) is 0.200. The number of hydrogen-bond acceptors (Lipinski definition) is 5. The highest BCUT2D eigenvalue weighted by atomic mass is 32.2. The number of amides is 2. The zero-order valence-electron chi connectivity index (χ0n) is 15.8. The van der Waals surface area contributed by atoms with Crippen LogP contribution >= 0.6 is 11.3 Å². The Labute approximate surface area is 173 Å². The first-order chi connectivity index (χ1) is 13.9. The fourth-order valence-corrected chi connectivity index (χ4v) is 5.58. The first-order valence-electron chi connectivity index (χ1n) is 9.10. The summed E-state index contributed by atoms with van der Waals surface area (Å²) in [7, 11) is -3.56. The summed E-state index contributed by atoms with van der Waals surface area (Å²) in [6, 6.07) is 15.6. The Morgan fingerprint density at radius 1 is 1.07 bits per heavy atom. The van der Waals surface area contributed by atoms with Crippen molar-refractivity contribution in [3.05, 3.63) is 70.7 Å². The topological polar surface area (TPSA) is 91.4 Å². The van der Waals surface area contributed by atoms with E-state index in [1.165, 1.54) is 15.6 Å². The van der Waals surface area contributed by atoms with Gasteiger partial charge in [0.25, 0.3) is 0 Å². The molecule has 3 aromatic rings. The number of hydrogen-bond donors (Lipinski definition) is 2. The van der Waals surface area contributed by atoms with E-state index in [0.717, 1.165) is 16.1 Å². The monoisotopic (exact) mass is 428 g/mol. The summed E-state index contributed by atoms with van der Waals surface area (Å²) in [5.74, 6) is 0. The van der Waals surface area contributed by atoms with E-state index in [-0.39, 0.29) is 17.5 Å². The maximum absolute atomic E-state index is 12.9. The summed E-state index contributed by atoms with van der Waals surface area (Å²) < 4.78 is 27.3.